The van der Waals surface area contributed by atoms with Crippen LogP contribution in [0.1, 0.15) is 39.5 Å². The zero-order valence-corrected chi connectivity index (χ0v) is 8.93. The fraction of sp³-hybridized carbons (Fsp3) is 0.667. The Morgan fingerprint density at radius 3 is 2.69 bits per heavy atom. The highest BCUT2D eigenvalue weighted by atomic mass is 15.2. The quantitative estimate of drug-likeness (QED) is 0.549. The highest BCUT2D eigenvalue weighted by molar-refractivity contribution is 5.34. The Labute approximate surface area is 81.1 Å². The predicted molar refractivity (Wildman–Crippen MR) is 56.5 cm³/mol. The van der Waals surface area contributed by atoms with E-state index in [1.54, 1.807) is 11.3 Å². The first-order chi connectivity index (χ1) is 6.11. The highest BCUT2D eigenvalue weighted by Crippen LogP contribution is 2.35. The van der Waals surface area contributed by atoms with E-state index in [1.165, 1.54) is 25.7 Å². The number of hydrogen-bond donors (Lipinski definition) is 0. The van der Waals surface area contributed by atoms with Crippen molar-refractivity contribution in [1.82, 2.24) is 4.90 Å². The topological polar surface area (TPSA) is 3.24 Å². The molecule has 13 heavy (non-hydrogen) atoms. The third kappa shape index (κ3) is 1.41. The van der Waals surface area contributed by atoms with Gasteiger partial charge in [-0.2, -0.15) is 0 Å². The smallest absolute Gasteiger partial charge is 0.0525 e. The van der Waals surface area contributed by atoms with Gasteiger partial charge in [-0.25, -0.2) is 0 Å². The van der Waals surface area contributed by atoms with Crippen molar-refractivity contribution in [2.24, 2.45) is 0 Å². The third-order valence-corrected chi connectivity index (χ3v) is 3.44. The van der Waals surface area contributed by atoms with Gasteiger partial charge in [0, 0.05) is 12.7 Å². The molecule has 0 amide bonds. The van der Waals surface area contributed by atoms with Crippen molar-refractivity contribution in [3.05, 3.63) is 23.4 Å². The largest absolute Gasteiger partial charge is 0.369 e. The summed E-state index contributed by atoms with van der Waals surface area (Å²) in [6.07, 6.45) is 9.97. The summed E-state index contributed by atoms with van der Waals surface area (Å²) < 4.78 is 0. The molecular formula is C12H19N. The van der Waals surface area contributed by atoms with Crippen molar-refractivity contribution in [2.75, 3.05) is 7.05 Å². The number of hydrogen-bond acceptors (Lipinski definition) is 1. The Morgan fingerprint density at radius 1 is 1.23 bits per heavy atom. The first-order valence-electron chi connectivity index (χ1n) is 5.26. The van der Waals surface area contributed by atoms with Crippen LogP contribution in [0.2, 0.25) is 0 Å². The molecule has 1 aliphatic carbocycles. The van der Waals surface area contributed by atoms with E-state index in [2.05, 4.69) is 37.9 Å². The summed E-state index contributed by atoms with van der Waals surface area (Å²) in [7, 11) is 2.23. The van der Waals surface area contributed by atoms with Gasteiger partial charge in [0.15, 0.2) is 0 Å². The number of likely N-dealkylation sites (N-methyl/N-ethyl adjacent to an activating group) is 1. The average molecular weight is 177 g/mol. The molecule has 0 atom stereocenters. The van der Waals surface area contributed by atoms with E-state index < -0.39 is 0 Å². The van der Waals surface area contributed by atoms with E-state index in [9.17, 15) is 0 Å². The van der Waals surface area contributed by atoms with E-state index in [0.29, 0.717) is 0 Å². The summed E-state index contributed by atoms with van der Waals surface area (Å²) in [6, 6.07) is 0. The molecule has 0 saturated carbocycles. The average Bonchev–Trinajstić information content (AvgIpc) is 2.13. The van der Waals surface area contributed by atoms with Gasteiger partial charge in [-0.15, -0.1) is 0 Å². The van der Waals surface area contributed by atoms with Crippen LogP contribution < -0.4 is 0 Å². The minimum absolute atomic E-state index is 0.218. The molecule has 2 aliphatic rings. The molecule has 0 aromatic heterocycles. The second-order valence-electron chi connectivity index (χ2n) is 4.73. The Kier molecular flexibility index (Phi) is 1.98. The van der Waals surface area contributed by atoms with Crippen LogP contribution >= 0.6 is 0 Å². The molecule has 1 heterocycles. The second-order valence-corrected chi connectivity index (χ2v) is 4.73. The normalized spacial score (nSPS) is 26.2. The molecule has 0 fully saturated rings. The Morgan fingerprint density at radius 2 is 1.92 bits per heavy atom. The molecule has 0 unspecified atom stereocenters. The number of allylic oxidation sites excluding steroid dienone is 3. The zero-order chi connectivity index (χ0) is 9.47. The fourth-order valence-electron chi connectivity index (χ4n) is 2.24. The van der Waals surface area contributed by atoms with Crippen LogP contribution in [-0.2, 0) is 0 Å². The molecule has 0 bridgehead atoms. The van der Waals surface area contributed by atoms with Gasteiger partial charge in [0.1, 0.15) is 0 Å². The minimum Gasteiger partial charge on any atom is -0.369 e. The summed E-state index contributed by atoms with van der Waals surface area (Å²) in [6.45, 7) is 4.56. The first-order valence-corrected chi connectivity index (χ1v) is 5.26. The molecule has 2 rings (SSSR count). The van der Waals surface area contributed by atoms with E-state index >= 15 is 0 Å². The van der Waals surface area contributed by atoms with Crippen molar-refractivity contribution in [1.29, 1.82) is 0 Å². The SMILES string of the molecule is CN1C2=C(C=CC1(C)C)CCCC2. The monoisotopic (exact) mass is 177 g/mol. The Balaban J connectivity index is 2.33. The first kappa shape index (κ1) is 8.86. The van der Waals surface area contributed by atoms with Gasteiger partial charge < -0.3 is 4.90 Å². The summed E-state index contributed by atoms with van der Waals surface area (Å²) in [5.41, 5.74) is 3.38. The van der Waals surface area contributed by atoms with Crippen LogP contribution in [0.15, 0.2) is 23.4 Å². The zero-order valence-electron chi connectivity index (χ0n) is 8.93. The van der Waals surface area contributed by atoms with Crippen molar-refractivity contribution in [2.45, 2.75) is 45.1 Å². The Bertz CT molecular complexity index is 271. The lowest BCUT2D eigenvalue weighted by Crippen LogP contribution is -2.41. The van der Waals surface area contributed by atoms with Crippen LogP contribution in [0.4, 0.5) is 0 Å². The fourth-order valence-corrected chi connectivity index (χ4v) is 2.24. The minimum atomic E-state index is 0.218. The summed E-state index contributed by atoms with van der Waals surface area (Å²) >= 11 is 0. The molecular weight excluding hydrogens is 158 g/mol. The van der Waals surface area contributed by atoms with Crippen molar-refractivity contribution in [3.63, 3.8) is 0 Å². The van der Waals surface area contributed by atoms with Crippen molar-refractivity contribution < 1.29 is 0 Å². The Hall–Kier alpha value is -0.720. The van der Waals surface area contributed by atoms with Crippen LogP contribution in [0.25, 0.3) is 0 Å². The molecule has 1 nitrogen and oxygen atoms in total. The van der Waals surface area contributed by atoms with Crippen LogP contribution in [-0.4, -0.2) is 17.5 Å². The van der Waals surface area contributed by atoms with Crippen molar-refractivity contribution >= 4 is 0 Å². The maximum Gasteiger partial charge on any atom is 0.0525 e. The number of rotatable bonds is 0. The lowest BCUT2D eigenvalue weighted by atomic mass is 9.87. The molecule has 0 N–H and O–H groups in total. The lowest BCUT2D eigenvalue weighted by Gasteiger charge is -2.42. The van der Waals surface area contributed by atoms with Gasteiger partial charge in [0.05, 0.1) is 5.54 Å². The van der Waals surface area contributed by atoms with Gasteiger partial charge in [0.25, 0.3) is 0 Å². The molecule has 1 heteroatoms. The van der Waals surface area contributed by atoms with Gasteiger partial charge in [0.2, 0.25) is 0 Å². The van der Waals surface area contributed by atoms with E-state index in [0.717, 1.165) is 0 Å². The highest BCUT2D eigenvalue weighted by Gasteiger charge is 2.28. The molecule has 1 aliphatic heterocycles. The van der Waals surface area contributed by atoms with Gasteiger partial charge in [-0.1, -0.05) is 12.2 Å². The van der Waals surface area contributed by atoms with Gasteiger partial charge >= 0.3 is 0 Å². The molecule has 0 aromatic carbocycles. The maximum atomic E-state index is 2.45. The second kappa shape index (κ2) is 2.90. The number of nitrogens with zero attached hydrogens (tertiary/aromatic N) is 1. The van der Waals surface area contributed by atoms with E-state index in [4.69, 9.17) is 0 Å². The van der Waals surface area contributed by atoms with Gasteiger partial charge in [-0.3, -0.25) is 0 Å². The molecule has 0 aromatic rings. The van der Waals surface area contributed by atoms with E-state index in [1.807, 2.05) is 0 Å². The standard InChI is InChI=1S/C12H19N/c1-12(2)9-8-10-6-4-5-7-11(10)13(12)3/h8-9H,4-7H2,1-3H3. The third-order valence-electron chi connectivity index (χ3n) is 3.44. The van der Waals surface area contributed by atoms with Crippen LogP contribution in [0, 0.1) is 0 Å². The van der Waals surface area contributed by atoms with E-state index in [-0.39, 0.29) is 5.54 Å². The predicted octanol–water partition coefficient (Wildman–Crippen LogP) is 3.09. The summed E-state index contributed by atoms with van der Waals surface area (Å²) in [5.74, 6) is 0. The van der Waals surface area contributed by atoms with Crippen molar-refractivity contribution in [3.8, 4) is 0 Å². The van der Waals surface area contributed by atoms with Crippen LogP contribution in [0.5, 0.6) is 0 Å². The van der Waals surface area contributed by atoms with Gasteiger partial charge in [-0.05, 0) is 45.1 Å². The summed E-state index contributed by atoms with van der Waals surface area (Å²) in [4.78, 5) is 2.45. The molecule has 0 spiro atoms. The van der Waals surface area contributed by atoms with Crippen LogP contribution in [0.3, 0.4) is 0 Å². The molecule has 0 saturated heterocycles. The molecule has 72 valence electrons. The lowest BCUT2D eigenvalue weighted by molar-refractivity contribution is 0.238. The molecule has 0 radical (unpaired) electrons. The summed E-state index contributed by atoms with van der Waals surface area (Å²) in [5, 5.41) is 0. The maximum absolute atomic E-state index is 2.45.